The van der Waals surface area contributed by atoms with Gasteiger partial charge < -0.3 is 9.64 Å². The molecule has 1 saturated heterocycles. The van der Waals surface area contributed by atoms with E-state index in [1.165, 1.54) is 10.4 Å². The van der Waals surface area contributed by atoms with Crippen LogP contribution >= 0.6 is 0 Å². The summed E-state index contributed by atoms with van der Waals surface area (Å²) in [5.74, 6) is 0.490. The van der Waals surface area contributed by atoms with Crippen molar-refractivity contribution in [3.05, 3.63) is 59.2 Å². The Labute approximate surface area is 179 Å². The van der Waals surface area contributed by atoms with Crippen molar-refractivity contribution >= 4 is 15.9 Å². The van der Waals surface area contributed by atoms with Crippen LogP contribution in [0.15, 0.2) is 47.4 Å². The molecule has 0 radical (unpaired) electrons. The monoisotopic (exact) mass is 430 g/mol. The Morgan fingerprint density at radius 2 is 1.77 bits per heavy atom. The van der Waals surface area contributed by atoms with Gasteiger partial charge in [0.15, 0.2) is 0 Å². The van der Waals surface area contributed by atoms with Crippen LogP contribution in [0.4, 0.5) is 0 Å². The van der Waals surface area contributed by atoms with E-state index in [1.54, 1.807) is 31.2 Å². The molecule has 1 unspecified atom stereocenters. The largest absolute Gasteiger partial charge is 0.496 e. The Balaban J connectivity index is 1.91. The van der Waals surface area contributed by atoms with Crippen LogP contribution in [0.1, 0.15) is 53.7 Å². The Bertz CT molecular complexity index is 1010. The third-order valence-corrected chi connectivity index (χ3v) is 7.78. The van der Waals surface area contributed by atoms with Gasteiger partial charge >= 0.3 is 0 Å². The van der Waals surface area contributed by atoms with Crippen LogP contribution in [0.3, 0.4) is 0 Å². The number of para-hydroxylation sites is 1. The van der Waals surface area contributed by atoms with Gasteiger partial charge in [-0.1, -0.05) is 30.7 Å². The first-order valence-corrected chi connectivity index (χ1v) is 11.7. The maximum atomic E-state index is 13.3. The number of carbonyl (C=O) groups is 1. The van der Waals surface area contributed by atoms with Gasteiger partial charge in [-0.25, -0.2) is 8.42 Å². The van der Waals surface area contributed by atoms with Crippen molar-refractivity contribution in [2.45, 2.75) is 44.0 Å². The van der Waals surface area contributed by atoms with Gasteiger partial charge in [-0.3, -0.25) is 4.79 Å². The molecule has 1 aliphatic heterocycles. The maximum Gasteiger partial charge on any atom is 0.254 e. The zero-order chi connectivity index (χ0) is 21.9. The first-order valence-electron chi connectivity index (χ1n) is 10.3. The first-order chi connectivity index (χ1) is 14.3. The topological polar surface area (TPSA) is 66.9 Å². The highest BCUT2D eigenvalue weighted by Crippen LogP contribution is 2.30. The van der Waals surface area contributed by atoms with Gasteiger partial charge in [-0.05, 0) is 50.5 Å². The van der Waals surface area contributed by atoms with Crippen LogP contribution < -0.4 is 4.74 Å². The zero-order valence-corrected chi connectivity index (χ0v) is 18.9. The molecule has 2 aromatic carbocycles. The SMILES string of the molecule is COc1ccccc1C(C)N(C)C(=O)c1cc(S(=O)(=O)N2CCCCC2)ccc1C. The minimum Gasteiger partial charge on any atom is -0.496 e. The van der Waals surface area contributed by atoms with Crippen LogP contribution in [0.25, 0.3) is 0 Å². The molecule has 1 fully saturated rings. The average molecular weight is 431 g/mol. The van der Waals surface area contributed by atoms with Crippen molar-refractivity contribution in [2.75, 3.05) is 27.2 Å². The summed E-state index contributed by atoms with van der Waals surface area (Å²) in [6, 6.07) is 12.2. The lowest BCUT2D eigenvalue weighted by Crippen LogP contribution is -2.36. The molecule has 0 spiro atoms. The second-order valence-electron chi connectivity index (χ2n) is 7.78. The minimum atomic E-state index is -3.60. The molecule has 0 aromatic heterocycles. The summed E-state index contributed by atoms with van der Waals surface area (Å²) in [5.41, 5.74) is 2.04. The number of carbonyl (C=O) groups excluding carboxylic acids is 1. The normalized spacial score (nSPS) is 16.1. The van der Waals surface area contributed by atoms with Crippen molar-refractivity contribution < 1.29 is 17.9 Å². The molecular formula is C23H30N2O4S. The zero-order valence-electron chi connectivity index (χ0n) is 18.1. The summed E-state index contributed by atoms with van der Waals surface area (Å²) in [4.78, 5) is 15.1. The van der Waals surface area contributed by atoms with E-state index in [9.17, 15) is 13.2 Å². The molecule has 0 N–H and O–H groups in total. The highest BCUT2D eigenvalue weighted by molar-refractivity contribution is 7.89. The average Bonchev–Trinajstić information content (AvgIpc) is 2.78. The maximum absolute atomic E-state index is 13.3. The summed E-state index contributed by atoms with van der Waals surface area (Å²) in [6.07, 6.45) is 2.79. The van der Waals surface area contributed by atoms with E-state index in [0.717, 1.165) is 30.4 Å². The fourth-order valence-electron chi connectivity index (χ4n) is 3.83. The van der Waals surface area contributed by atoms with Crippen LogP contribution in [0.5, 0.6) is 5.75 Å². The van der Waals surface area contributed by atoms with Crippen molar-refractivity contribution in [1.29, 1.82) is 0 Å². The van der Waals surface area contributed by atoms with E-state index >= 15 is 0 Å². The summed E-state index contributed by atoms with van der Waals surface area (Å²) in [6.45, 7) is 4.82. The molecule has 162 valence electrons. The van der Waals surface area contributed by atoms with Gasteiger partial charge in [0.05, 0.1) is 18.0 Å². The molecule has 1 atom stereocenters. The lowest BCUT2D eigenvalue weighted by Gasteiger charge is -2.28. The van der Waals surface area contributed by atoms with Crippen molar-refractivity contribution in [3.8, 4) is 5.75 Å². The van der Waals surface area contributed by atoms with E-state index in [1.807, 2.05) is 38.1 Å². The summed E-state index contributed by atoms with van der Waals surface area (Å²) < 4.78 is 33.1. The van der Waals surface area contributed by atoms with E-state index < -0.39 is 10.0 Å². The van der Waals surface area contributed by atoms with Gasteiger partial charge in [0.1, 0.15) is 5.75 Å². The smallest absolute Gasteiger partial charge is 0.254 e. The highest BCUT2D eigenvalue weighted by Gasteiger charge is 2.28. The van der Waals surface area contributed by atoms with Crippen molar-refractivity contribution in [1.82, 2.24) is 9.21 Å². The Morgan fingerprint density at radius 1 is 1.10 bits per heavy atom. The van der Waals surface area contributed by atoms with E-state index in [2.05, 4.69) is 0 Å². The Kier molecular flexibility index (Phi) is 6.83. The van der Waals surface area contributed by atoms with Gasteiger partial charge in [-0.2, -0.15) is 4.31 Å². The number of hydrogen-bond acceptors (Lipinski definition) is 4. The summed E-state index contributed by atoms with van der Waals surface area (Å²) in [7, 11) is -0.271. The predicted molar refractivity (Wildman–Crippen MR) is 117 cm³/mol. The van der Waals surface area contributed by atoms with E-state index in [-0.39, 0.29) is 16.8 Å². The number of rotatable bonds is 6. The molecule has 3 rings (SSSR count). The number of benzene rings is 2. The Hall–Kier alpha value is -2.38. The molecule has 1 aliphatic rings. The molecule has 2 aromatic rings. The second kappa shape index (κ2) is 9.18. The van der Waals surface area contributed by atoms with Gasteiger partial charge in [0, 0.05) is 31.3 Å². The predicted octanol–water partition coefficient (Wildman–Crippen LogP) is 4.01. The van der Waals surface area contributed by atoms with Crippen LogP contribution in [-0.2, 0) is 10.0 Å². The number of ether oxygens (including phenoxy) is 1. The van der Waals surface area contributed by atoms with Gasteiger partial charge in [0.2, 0.25) is 10.0 Å². The number of aryl methyl sites for hydroxylation is 1. The highest BCUT2D eigenvalue weighted by atomic mass is 32.2. The van der Waals surface area contributed by atoms with E-state index in [0.29, 0.717) is 24.4 Å². The molecular weight excluding hydrogens is 400 g/mol. The number of amides is 1. The quantitative estimate of drug-likeness (QED) is 0.694. The fraction of sp³-hybridized carbons (Fsp3) is 0.435. The molecule has 6 nitrogen and oxygen atoms in total. The number of hydrogen-bond donors (Lipinski definition) is 0. The molecule has 1 heterocycles. The summed E-state index contributed by atoms with van der Waals surface area (Å²) in [5, 5.41) is 0. The fourth-order valence-corrected chi connectivity index (χ4v) is 5.38. The number of sulfonamides is 1. The molecule has 1 amide bonds. The molecule has 0 bridgehead atoms. The standard InChI is InChI=1S/C23H30N2O4S/c1-17-12-13-19(30(27,28)25-14-8-5-9-15-25)16-21(17)23(26)24(3)18(2)20-10-6-7-11-22(20)29-4/h6-7,10-13,16,18H,5,8-9,14-15H2,1-4H3. The molecule has 0 aliphatic carbocycles. The number of piperidine rings is 1. The molecule has 7 heteroatoms. The van der Waals surface area contributed by atoms with Crippen LogP contribution in [0.2, 0.25) is 0 Å². The van der Waals surface area contributed by atoms with Crippen LogP contribution in [0, 0.1) is 6.92 Å². The minimum absolute atomic E-state index is 0.177. The van der Waals surface area contributed by atoms with Gasteiger partial charge in [0.25, 0.3) is 5.91 Å². The van der Waals surface area contributed by atoms with E-state index in [4.69, 9.17) is 4.74 Å². The lowest BCUT2D eigenvalue weighted by atomic mass is 10.0. The molecule has 0 saturated carbocycles. The second-order valence-corrected chi connectivity index (χ2v) is 9.71. The molecule has 30 heavy (non-hydrogen) atoms. The van der Waals surface area contributed by atoms with Crippen molar-refractivity contribution in [3.63, 3.8) is 0 Å². The number of methoxy groups -OCH3 is 1. The summed E-state index contributed by atoms with van der Waals surface area (Å²) >= 11 is 0. The third-order valence-electron chi connectivity index (χ3n) is 5.88. The van der Waals surface area contributed by atoms with Gasteiger partial charge in [-0.15, -0.1) is 0 Å². The number of nitrogens with zero attached hydrogens (tertiary/aromatic N) is 2. The Morgan fingerprint density at radius 3 is 2.43 bits per heavy atom. The lowest BCUT2D eigenvalue weighted by molar-refractivity contribution is 0.0740. The van der Waals surface area contributed by atoms with Crippen LogP contribution in [-0.4, -0.2) is 50.8 Å². The first kappa shape index (κ1) is 22.3. The van der Waals surface area contributed by atoms with Crippen molar-refractivity contribution in [2.24, 2.45) is 0 Å². The third kappa shape index (κ3) is 4.37.